The van der Waals surface area contributed by atoms with E-state index in [1.54, 1.807) is 22.9 Å². The third kappa shape index (κ3) is 4.69. The van der Waals surface area contributed by atoms with Crippen molar-refractivity contribution in [1.82, 2.24) is 14.7 Å². The Bertz CT molecular complexity index is 1150. The predicted molar refractivity (Wildman–Crippen MR) is 126 cm³/mol. The molecular weight excluding hydrogens is 420 g/mol. The standard InChI is InChI=1S/C25H28N4O4/c1-17-14-21(27-29(17)18-10-6-4-7-11-18)24(30)26-20-16-23(33-3)22(32-2)15-19(20)25(31)28-12-8-5-9-13-28/h4,6-7,10-11,14-16H,5,8-9,12-13H2,1-3H3,(H,26,30). The van der Waals surface area contributed by atoms with Gasteiger partial charge in [0.15, 0.2) is 17.2 Å². The Labute approximate surface area is 193 Å². The fourth-order valence-electron chi connectivity index (χ4n) is 4.03. The van der Waals surface area contributed by atoms with Crippen molar-refractivity contribution in [2.45, 2.75) is 26.2 Å². The molecule has 172 valence electrons. The second-order valence-electron chi connectivity index (χ2n) is 7.98. The van der Waals surface area contributed by atoms with E-state index < -0.39 is 5.91 Å². The van der Waals surface area contributed by atoms with Crippen LogP contribution >= 0.6 is 0 Å². The molecule has 8 nitrogen and oxygen atoms in total. The van der Waals surface area contributed by atoms with Gasteiger partial charge in [-0.1, -0.05) is 18.2 Å². The minimum Gasteiger partial charge on any atom is -0.493 e. The number of aryl methyl sites for hydroxylation is 1. The number of hydrogen-bond donors (Lipinski definition) is 1. The predicted octanol–water partition coefficient (Wildman–Crippen LogP) is 4.08. The molecule has 1 fully saturated rings. The number of nitrogens with one attached hydrogen (secondary N) is 1. The summed E-state index contributed by atoms with van der Waals surface area (Å²) >= 11 is 0. The fourth-order valence-corrected chi connectivity index (χ4v) is 4.03. The second-order valence-corrected chi connectivity index (χ2v) is 7.98. The maximum absolute atomic E-state index is 13.3. The average molecular weight is 449 g/mol. The number of hydrogen-bond acceptors (Lipinski definition) is 5. The lowest BCUT2D eigenvalue weighted by molar-refractivity contribution is 0.0725. The molecule has 0 spiro atoms. The molecule has 3 aromatic rings. The van der Waals surface area contributed by atoms with E-state index in [4.69, 9.17) is 9.47 Å². The molecule has 1 N–H and O–H groups in total. The zero-order valence-electron chi connectivity index (χ0n) is 19.1. The zero-order valence-corrected chi connectivity index (χ0v) is 19.1. The van der Waals surface area contributed by atoms with E-state index in [0.717, 1.165) is 30.6 Å². The van der Waals surface area contributed by atoms with Gasteiger partial charge in [0.1, 0.15) is 0 Å². The van der Waals surface area contributed by atoms with Crippen molar-refractivity contribution in [2.24, 2.45) is 0 Å². The van der Waals surface area contributed by atoms with Gasteiger partial charge in [-0.05, 0) is 50.5 Å². The molecule has 33 heavy (non-hydrogen) atoms. The van der Waals surface area contributed by atoms with E-state index in [0.29, 0.717) is 35.8 Å². The number of methoxy groups -OCH3 is 2. The number of amides is 2. The molecule has 2 amide bonds. The van der Waals surface area contributed by atoms with Crippen molar-refractivity contribution < 1.29 is 19.1 Å². The molecule has 4 rings (SSSR count). The summed E-state index contributed by atoms with van der Waals surface area (Å²) in [6.45, 7) is 3.28. The van der Waals surface area contributed by atoms with Crippen LogP contribution in [0, 0.1) is 6.92 Å². The summed E-state index contributed by atoms with van der Waals surface area (Å²) in [5.74, 6) is 0.304. The molecule has 1 aliphatic heterocycles. The number of nitrogens with zero attached hydrogens (tertiary/aromatic N) is 3. The Morgan fingerprint density at radius 1 is 0.939 bits per heavy atom. The monoisotopic (exact) mass is 448 g/mol. The van der Waals surface area contributed by atoms with Crippen LogP contribution in [0.4, 0.5) is 5.69 Å². The lowest BCUT2D eigenvalue weighted by Gasteiger charge is -2.28. The molecule has 2 heterocycles. The molecule has 0 unspecified atom stereocenters. The van der Waals surface area contributed by atoms with Crippen molar-refractivity contribution in [3.63, 3.8) is 0 Å². The van der Waals surface area contributed by atoms with Gasteiger partial charge in [0, 0.05) is 24.8 Å². The van der Waals surface area contributed by atoms with Crippen molar-refractivity contribution in [1.29, 1.82) is 0 Å². The van der Waals surface area contributed by atoms with Gasteiger partial charge in [0.25, 0.3) is 11.8 Å². The van der Waals surface area contributed by atoms with Crippen LogP contribution in [0.2, 0.25) is 0 Å². The van der Waals surface area contributed by atoms with Crippen LogP contribution in [-0.4, -0.2) is 53.8 Å². The molecule has 0 aliphatic carbocycles. The largest absolute Gasteiger partial charge is 0.493 e. The van der Waals surface area contributed by atoms with Crippen LogP contribution in [0.3, 0.4) is 0 Å². The van der Waals surface area contributed by atoms with Crippen LogP contribution in [0.25, 0.3) is 5.69 Å². The van der Waals surface area contributed by atoms with E-state index in [-0.39, 0.29) is 11.6 Å². The van der Waals surface area contributed by atoms with Gasteiger partial charge in [-0.3, -0.25) is 9.59 Å². The Hall–Kier alpha value is -3.81. The Morgan fingerprint density at radius 2 is 1.61 bits per heavy atom. The summed E-state index contributed by atoms with van der Waals surface area (Å²) in [7, 11) is 3.03. The third-order valence-electron chi connectivity index (χ3n) is 5.77. The molecule has 1 saturated heterocycles. The van der Waals surface area contributed by atoms with Crippen molar-refractivity contribution >= 4 is 17.5 Å². The first-order chi connectivity index (χ1) is 16.0. The van der Waals surface area contributed by atoms with E-state index in [1.165, 1.54) is 14.2 Å². The topological polar surface area (TPSA) is 85.7 Å². The summed E-state index contributed by atoms with van der Waals surface area (Å²) in [5, 5.41) is 7.34. The number of anilines is 1. The number of ether oxygens (including phenoxy) is 2. The molecule has 0 atom stereocenters. The number of para-hydroxylation sites is 1. The lowest BCUT2D eigenvalue weighted by atomic mass is 10.1. The van der Waals surface area contributed by atoms with Gasteiger partial charge in [-0.2, -0.15) is 5.10 Å². The SMILES string of the molecule is COc1cc(NC(=O)c2cc(C)n(-c3ccccc3)n2)c(C(=O)N2CCCCC2)cc1OC. The number of piperidine rings is 1. The van der Waals surface area contributed by atoms with E-state index >= 15 is 0 Å². The van der Waals surface area contributed by atoms with Crippen LogP contribution in [-0.2, 0) is 0 Å². The van der Waals surface area contributed by atoms with Crippen LogP contribution in [0.15, 0.2) is 48.5 Å². The number of benzene rings is 2. The molecule has 1 aromatic heterocycles. The van der Waals surface area contributed by atoms with Gasteiger partial charge in [0.2, 0.25) is 0 Å². The van der Waals surface area contributed by atoms with E-state index in [9.17, 15) is 9.59 Å². The maximum atomic E-state index is 13.3. The van der Waals surface area contributed by atoms with Crippen LogP contribution < -0.4 is 14.8 Å². The summed E-state index contributed by atoms with van der Waals surface area (Å²) < 4.78 is 12.5. The highest BCUT2D eigenvalue weighted by Gasteiger charge is 2.25. The first-order valence-corrected chi connectivity index (χ1v) is 11.0. The molecule has 0 bridgehead atoms. The summed E-state index contributed by atoms with van der Waals surface area (Å²) in [6, 6.07) is 14.6. The first-order valence-electron chi connectivity index (χ1n) is 11.0. The van der Waals surface area contributed by atoms with Crippen molar-refractivity contribution in [3.8, 4) is 17.2 Å². The van der Waals surface area contributed by atoms with Gasteiger partial charge in [-0.25, -0.2) is 4.68 Å². The summed E-state index contributed by atoms with van der Waals surface area (Å²) in [6.07, 6.45) is 3.05. The molecule has 0 radical (unpaired) electrons. The zero-order chi connectivity index (χ0) is 23.4. The summed E-state index contributed by atoms with van der Waals surface area (Å²) in [4.78, 5) is 28.3. The molecular formula is C25H28N4O4. The Morgan fingerprint density at radius 3 is 2.27 bits per heavy atom. The van der Waals surface area contributed by atoms with Gasteiger partial charge in [-0.15, -0.1) is 0 Å². The Balaban J connectivity index is 1.66. The second kappa shape index (κ2) is 9.77. The number of rotatable bonds is 6. The average Bonchev–Trinajstić information content (AvgIpc) is 3.26. The third-order valence-corrected chi connectivity index (χ3v) is 5.77. The van der Waals surface area contributed by atoms with Crippen LogP contribution in [0.5, 0.6) is 11.5 Å². The van der Waals surface area contributed by atoms with Crippen molar-refractivity contribution in [3.05, 3.63) is 65.5 Å². The highest BCUT2D eigenvalue weighted by molar-refractivity contribution is 6.08. The molecule has 0 saturated carbocycles. The number of aromatic nitrogens is 2. The number of carbonyl (C=O) groups excluding carboxylic acids is 2. The van der Waals surface area contributed by atoms with Crippen LogP contribution in [0.1, 0.15) is 45.8 Å². The van der Waals surface area contributed by atoms with E-state index in [1.807, 2.05) is 42.2 Å². The number of likely N-dealkylation sites (tertiary alicyclic amines) is 1. The summed E-state index contributed by atoms with van der Waals surface area (Å²) in [5.41, 5.74) is 2.66. The smallest absolute Gasteiger partial charge is 0.276 e. The highest BCUT2D eigenvalue weighted by atomic mass is 16.5. The highest BCUT2D eigenvalue weighted by Crippen LogP contribution is 2.34. The number of carbonyl (C=O) groups is 2. The van der Waals surface area contributed by atoms with Gasteiger partial charge in [0.05, 0.1) is 31.2 Å². The van der Waals surface area contributed by atoms with Gasteiger partial charge < -0.3 is 19.7 Å². The fraction of sp³-hybridized carbons (Fsp3) is 0.320. The molecule has 8 heteroatoms. The van der Waals surface area contributed by atoms with Gasteiger partial charge >= 0.3 is 0 Å². The van der Waals surface area contributed by atoms with Crippen molar-refractivity contribution in [2.75, 3.05) is 32.6 Å². The minimum atomic E-state index is -0.410. The normalized spacial score (nSPS) is 13.5. The Kier molecular flexibility index (Phi) is 6.63. The van der Waals surface area contributed by atoms with E-state index in [2.05, 4.69) is 10.4 Å². The first kappa shape index (κ1) is 22.4. The molecule has 2 aromatic carbocycles. The molecule has 1 aliphatic rings. The maximum Gasteiger partial charge on any atom is 0.276 e. The lowest BCUT2D eigenvalue weighted by Crippen LogP contribution is -2.36. The minimum absolute atomic E-state index is 0.142. The quantitative estimate of drug-likeness (QED) is 0.614.